The summed E-state index contributed by atoms with van der Waals surface area (Å²) in [7, 11) is 0. The van der Waals surface area contributed by atoms with Gasteiger partial charge in [-0.25, -0.2) is 4.98 Å². The number of aromatic nitrogens is 2. The van der Waals surface area contributed by atoms with E-state index >= 15 is 0 Å². The van der Waals surface area contributed by atoms with Crippen LogP contribution >= 0.6 is 11.3 Å². The summed E-state index contributed by atoms with van der Waals surface area (Å²) < 4.78 is 0. The topological polar surface area (TPSA) is 49.6 Å². The predicted molar refractivity (Wildman–Crippen MR) is 68.6 cm³/mol. The number of thiazole rings is 1. The minimum atomic E-state index is 0.585. The maximum Gasteiger partial charge on any atom is 0.101 e. The lowest BCUT2D eigenvalue weighted by Crippen LogP contribution is -1.91. The van der Waals surface area contributed by atoms with E-state index in [0.717, 1.165) is 21.9 Å². The van der Waals surface area contributed by atoms with Gasteiger partial charge in [0.1, 0.15) is 6.07 Å². The van der Waals surface area contributed by atoms with Gasteiger partial charge in [-0.05, 0) is 12.0 Å². The molecule has 0 aromatic carbocycles. The standard InChI is InChI=1S/C13H13N3S/c1-9(2)3-13-16-8-12(17-13)11-4-10(5-14)6-15-7-11/h4,6-9H,3H2,1-2H3. The first-order valence-corrected chi connectivity index (χ1v) is 6.31. The van der Waals surface area contributed by atoms with Crippen molar-refractivity contribution in [3.05, 3.63) is 35.2 Å². The molecule has 86 valence electrons. The van der Waals surface area contributed by atoms with Crippen LogP contribution in [-0.2, 0) is 6.42 Å². The van der Waals surface area contributed by atoms with Crippen LogP contribution in [0.5, 0.6) is 0 Å². The highest BCUT2D eigenvalue weighted by Crippen LogP contribution is 2.27. The van der Waals surface area contributed by atoms with Crippen LogP contribution in [0.4, 0.5) is 0 Å². The Morgan fingerprint density at radius 3 is 2.88 bits per heavy atom. The Morgan fingerprint density at radius 2 is 2.18 bits per heavy atom. The molecule has 0 unspecified atom stereocenters. The van der Waals surface area contributed by atoms with E-state index in [1.54, 1.807) is 23.7 Å². The number of hydrogen-bond acceptors (Lipinski definition) is 4. The Labute approximate surface area is 105 Å². The smallest absolute Gasteiger partial charge is 0.101 e. The average molecular weight is 243 g/mol. The van der Waals surface area contributed by atoms with Gasteiger partial charge in [-0.2, -0.15) is 5.26 Å². The highest BCUT2D eigenvalue weighted by Gasteiger charge is 2.07. The fraction of sp³-hybridized carbons (Fsp3) is 0.308. The number of pyridine rings is 1. The molecule has 3 nitrogen and oxygen atoms in total. The first-order valence-electron chi connectivity index (χ1n) is 5.49. The van der Waals surface area contributed by atoms with Crippen LogP contribution in [0.15, 0.2) is 24.7 Å². The van der Waals surface area contributed by atoms with E-state index in [1.165, 1.54) is 0 Å². The molecule has 0 aliphatic rings. The second-order valence-corrected chi connectivity index (χ2v) is 5.41. The second-order valence-electron chi connectivity index (χ2n) is 4.29. The van der Waals surface area contributed by atoms with Gasteiger partial charge in [-0.3, -0.25) is 4.98 Å². The quantitative estimate of drug-likeness (QED) is 0.831. The van der Waals surface area contributed by atoms with Crippen LogP contribution in [0.25, 0.3) is 10.4 Å². The summed E-state index contributed by atoms with van der Waals surface area (Å²) in [6.45, 7) is 4.36. The molecular weight excluding hydrogens is 230 g/mol. The zero-order chi connectivity index (χ0) is 12.3. The van der Waals surface area contributed by atoms with Crippen LogP contribution in [0, 0.1) is 17.2 Å². The van der Waals surface area contributed by atoms with Gasteiger partial charge >= 0.3 is 0 Å². The molecule has 2 aromatic rings. The molecule has 0 N–H and O–H groups in total. The van der Waals surface area contributed by atoms with E-state index in [2.05, 4.69) is 29.9 Å². The maximum absolute atomic E-state index is 8.83. The second kappa shape index (κ2) is 5.07. The third kappa shape index (κ3) is 2.89. The van der Waals surface area contributed by atoms with E-state index in [1.807, 2.05) is 12.3 Å². The average Bonchev–Trinajstić information content (AvgIpc) is 2.77. The Hall–Kier alpha value is -1.73. The first-order chi connectivity index (χ1) is 8.19. The minimum Gasteiger partial charge on any atom is -0.263 e. The predicted octanol–water partition coefficient (Wildman–Crippen LogP) is 3.28. The molecule has 4 heteroatoms. The summed E-state index contributed by atoms with van der Waals surface area (Å²) in [5, 5.41) is 9.97. The molecule has 0 amide bonds. The van der Waals surface area contributed by atoms with Gasteiger partial charge in [0.05, 0.1) is 15.4 Å². The number of rotatable bonds is 3. The van der Waals surface area contributed by atoms with Gasteiger partial charge in [0.15, 0.2) is 0 Å². The molecule has 0 radical (unpaired) electrons. The van der Waals surface area contributed by atoms with Crippen molar-refractivity contribution >= 4 is 11.3 Å². The van der Waals surface area contributed by atoms with Crippen LogP contribution in [0.1, 0.15) is 24.4 Å². The molecule has 0 fully saturated rings. The van der Waals surface area contributed by atoms with Crippen molar-refractivity contribution in [3.63, 3.8) is 0 Å². The molecule has 2 rings (SSSR count). The van der Waals surface area contributed by atoms with Crippen molar-refractivity contribution in [1.82, 2.24) is 9.97 Å². The summed E-state index contributed by atoms with van der Waals surface area (Å²) >= 11 is 1.67. The molecule has 0 saturated carbocycles. The van der Waals surface area contributed by atoms with E-state index in [-0.39, 0.29) is 0 Å². The van der Waals surface area contributed by atoms with Gasteiger partial charge in [-0.15, -0.1) is 11.3 Å². The molecule has 2 heterocycles. The minimum absolute atomic E-state index is 0.585. The maximum atomic E-state index is 8.83. The number of hydrogen-bond donors (Lipinski definition) is 0. The Bertz CT molecular complexity index is 552. The molecule has 0 atom stereocenters. The van der Waals surface area contributed by atoms with Gasteiger partial charge in [0.2, 0.25) is 0 Å². The van der Waals surface area contributed by atoms with Crippen LogP contribution in [-0.4, -0.2) is 9.97 Å². The summed E-state index contributed by atoms with van der Waals surface area (Å²) in [5.41, 5.74) is 1.55. The number of nitrogens with zero attached hydrogens (tertiary/aromatic N) is 3. The Kier molecular flexibility index (Phi) is 3.50. The monoisotopic (exact) mass is 243 g/mol. The third-order valence-corrected chi connectivity index (χ3v) is 3.36. The molecule has 0 saturated heterocycles. The fourth-order valence-electron chi connectivity index (χ4n) is 1.52. The lowest BCUT2D eigenvalue weighted by Gasteiger charge is -1.98. The van der Waals surface area contributed by atoms with Crippen molar-refractivity contribution in [2.75, 3.05) is 0 Å². The van der Waals surface area contributed by atoms with Crippen LogP contribution < -0.4 is 0 Å². The van der Waals surface area contributed by atoms with E-state index in [9.17, 15) is 0 Å². The van der Waals surface area contributed by atoms with Crippen LogP contribution in [0.3, 0.4) is 0 Å². The van der Waals surface area contributed by atoms with Crippen molar-refractivity contribution in [2.24, 2.45) is 5.92 Å². The zero-order valence-corrected chi connectivity index (χ0v) is 10.7. The molecule has 2 aromatic heterocycles. The third-order valence-electron chi connectivity index (χ3n) is 2.29. The van der Waals surface area contributed by atoms with Gasteiger partial charge in [0, 0.05) is 30.6 Å². The molecule has 0 aliphatic heterocycles. The van der Waals surface area contributed by atoms with Crippen molar-refractivity contribution < 1.29 is 0 Å². The lowest BCUT2D eigenvalue weighted by molar-refractivity contribution is 0.644. The SMILES string of the molecule is CC(C)Cc1ncc(-c2cncc(C#N)c2)s1. The fourth-order valence-corrected chi connectivity index (χ4v) is 2.63. The zero-order valence-electron chi connectivity index (χ0n) is 9.84. The van der Waals surface area contributed by atoms with E-state index < -0.39 is 0 Å². The Balaban J connectivity index is 2.27. The summed E-state index contributed by atoms with van der Waals surface area (Å²) in [5.74, 6) is 0.609. The van der Waals surface area contributed by atoms with Crippen molar-refractivity contribution in [2.45, 2.75) is 20.3 Å². The van der Waals surface area contributed by atoms with Crippen molar-refractivity contribution in [1.29, 1.82) is 5.26 Å². The first kappa shape index (κ1) is 11.7. The molecule has 17 heavy (non-hydrogen) atoms. The normalized spacial score (nSPS) is 10.5. The van der Waals surface area contributed by atoms with Gasteiger partial charge < -0.3 is 0 Å². The molecular formula is C13H13N3S. The summed E-state index contributed by atoms with van der Waals surface area (Å²) in [6, 6.07) is 3.94. The van der Waals surface area contributed by atoms with E-state index in [4.69, 9.17) is 5.26 Å². The highest BCUT2D eigenvalue weighted by molar-refractivity contribution is 7.15. The highest BCUT2D eigenvalue weighted by atomic mass is 32.1. The van der Waals surface area contributed by atoms with Gasteiger partial charge in [-0.1, -0.05) is 13.8 Å². The van der Waals surface area contributed by atoms with Crippen molar-refractivity contribution in [3.8, 4) is 16.5 Å². The largest absolute Gasteiger partial charge is 0.263 e. The molecule has 0 aliphatic carbocycles. The summed E-state index contributed by atoms with van der Waals surface area (Å²) in [4.78, 5) is 9.53. The molecule has 0 spiro atoms. The van der Waals surface area contributed by atoms with E-state index in [0.29, 0.717) is 11.5 Å². The summed E-state index contributed by atoms with van der Waals surface area (Å²) in [6.07, 6.45) is 6.20. The Morgan fingerprint density at radius 1 is 1.35 bits per heavy atom. The lowest BCUT2D eigenvalue weighted by atomic mass is 10.1. The molecule has 0 bridgehead atoms. The van der Waals surface area contributed by atoms with Crippen LogP contribution in [0.2, 0.25) is 0 Å². The van der Waals surface area contributed by atoms with Gasteiger partial charge in [0.25, 0.3) is 0 Å². The number of nitriles is 1.